The molecule has 0 saturated heterocycles. The lowest BCUT2D eigenvalue weighted by atomic mass is 9.94. The predicted molar refractivity (Wildman–Crippen MR) is 113 cm³/mol. The van der Waals surface area contributed by atoms with Crippen molar-refractivity contribution in [3.8, 4) is 5.75 Å². The highest BCUT2D eigenvalue weighted by molar-refractivity contribution is 5.66. The minimum Gasteiger partial charge on any atom is -0.491 e. The number of rotatable bonds is 10. The molecule has 6 heteroatoms. The zero-order valence-corrected chi connectivity index (χ0v) is 16.5. The number of nitrogens with one attached hydrogen (secondary N) is 1. The van der Waals surface area contributed by atoms with Crippen molar-refractivity contribution in [2.45, 2.75) is 78.4 Å². The lowest BCUT2D eigenvalue weighted by Gasteiger charge is -2.42. The van der Waals surface area contributed by atoms with Crippen LogP contribution in [0.3, 0.4) is 0 Å². The fraction of sp³-hybridized carbons (Fsp3) is 0.682. The molecule has 0 aliphatic heterocycles. The van der Waals surface area contributed by atoms with Crippen LogP contribution in [0, 0.1) is 5.92 Å². The largest absolute Gasteiger partial charge is 0.491 e. The molecule has 0 bridgehead atoms. The van der Waals surface area contributed by atoms with Crippen LogP contribution in [0.2, 0.25) is 0 Å². The van der Waals surface area contributed by atoms with E-state index < -0.39 is 91.9 Å². The fourth-order valence-electron chi connectivity index (χ4n) is 1.98. The standard InChI is InChI=1S/C22H38N2O4/c1-15(2)13-23-14-20(25)19(24(21(26)27)22(5,6)7)12-17-8-10-18(11-9-17)28-16(3)4/h8-11,15-16,19-20,23,25H,12-14H2,1-7H3,(H,26,27)/t19-,20+/m0/s1/i3D2,4D3,8D,9D,10D,11D,12D2,14D2,16D,19D,20D/t16?,19-,20+. The van der Waals surface area contributed by atoms with Crippen LogP contribution < -0.4 is 10.1 Å². The maximum Gasteiger partial charge on any atom is 0.408 e. The molecule has 28 heavy (non-hydrogen) atoms. The molecule has 1 rings (SSSR count). The molecule has 1 amide bonds. The molecular weight excluding hydrogens is 356 g/mol. The Morgan fingerprint density at radius 1 is 1.39 bits per heavy atom. The maximum atomic E-state index is 12.6. The summed E-state index contributed by atoms with van der Waals surface area (Å²) in [6.07, 6.45) is -13.6. The number of carboxylic acid groups (broad SMARTS) is 1. The molecule has 0 radical (unpaired) electrons. The molecule has 160 valence electrons. The van der Waals surface area contributed by atoms with Gasteiger partial charge in [-0.25, -0.2) is 4.79 Å². The van der Waals surface area contributed by atoms with Gasteiger partial charge in [0.15, 0.2) is 0 Å². The normalized spacial score (nSPS) is 28.4. The van der Waals surface area contributed by atoms with Gasteiger partial charge in [-0.3, -0.25) is 4.90 Å². The molecule has 0 aliphatic carbocycles. The summed E-state index contributed by atoms with van der Waals surface area (Å²) < 4.78 is 137. The van der Waals surface area contributed by atoms with E-state index in [4.69, 9.17) is 25.3 Å². The van der Waals surface area contributed by atoms with Crippen molar-refractivity contribution in [2.75, 3.05) is 13.0 Å². The van der Waals surface area contributed by atoms with Gasteiger partial charge >= 0.3 is 6.09 Å². The van der Waals surface area contributed by atoms with Crippen LogP contribution in [0.1, 0.15) is 75.8 Å². The van der Waals surface area contributed by atoms with Gasteiger partial charge in [0.25, 0.3) is 0 Å². The molecule has 1 aromatic carbocycles. The van der Waals surface area contributed by atoms with Gasteiger partial charge in [-0.2, -0.15) is 0 Å². The Kier molecular flexibility index (Phi) is 3.56. The molecule has 6 nitrogen and oxygen atoms in total. The van der Waals surface area contributed by atoms with Crippen LogP contribution in [0.25, 0.3) is 0 Å². The van der Waals surface area contributed by atoms with E-state index in [1.165, 1.54) is 0 Å². The third kappa shape index (κ3) is 8.07. The van der Waals surface area contributed by atoms with Gasteiger partial charge in [0.2, 0.25) is 0 Å². The maximum absolute atomic E-state index is 12.6. The van der Waals surface area contributed by atoms with E-state index in [9.17, 15) is 16.4 Å². The number of nitrogens with zero attached hydrogens (tertiary/aromatic N) is 1. The lowest BCUT2D eigenvalue weighted by molar-refractivity contribution is 0.00765. The van der Waals surface area contributed by atoms with Crippen LogP contribution >= 0.6 is 0 Å². The summed E-state index contributed by atoms with van der Waals surface area (Å²) in [5.41, 5.74) is -3.30. The number of amides is 1. The highest BCUT2D eigenvalue weighted by Gasteiger charge is 2.37. The SMILES string of the molecule is [2H]c1c([2H])c(C([2H])([2H])[C@]([2H])(N(C(=O)O)C(C)(C)C)[C@]([2H])(O)C([2H])([2H])NCC(C)C)c([2H])c([2H])c1OC([2H])(C([2H])[2H])C([2H])([2H])[2H]. The Balaban J connectivity index is 4.33. The van der Waals surface area contributed by atoms with Crippen molar-refractivity contribution in [2.24, 2.45) is 5.92 Å². The van der Waals surface area contributed by atoms with E-state index in [-0.39, 0.29) is 17.4 Å². The van der Waals surface area contributed by atoms with E-state index in [0.29, 0.717) is 0 Å². The molecule has 0 saturated carbocycles. The van der Waals surface area contributed by atoms with E-state index in [0.717, 1.165) is 20.8 Å². The second-order valence-electron chi connectivity index (χ2n) is 7.18. The summed E-state index contributed by atoms with van der Waals surface area (Å²) in [6.45, 7) is -3.15. The Hall–Kier alpha value is -1.79. The Morgan fingerprint density at radius 2 is 2.04 bits per heavy atom. The third-order valence-corrected chi connectivity index (χ3v) is 3.08. The summed E-state index contributed by atoms with van der Waals surface area (Å²) in [6, 6.07) is -9.59. The predicted octanol–water partition coefficient (Wildman–Crippen LogP) is 3.77. The Bertz CT molecular complexity index is 1200. The quantitative estimate of drug-likeness (QED) is 0.547. The van der Waals surface area contributed by atoms with Gasteiger partial charge in [-0.15, -0.1) is 0 Å². The average Bonchev–Trinajstić information content (AvgIpc) is 2.81. The molecule has 3 N–H and O–H groups in total. The van der Waals surface area contributed by atoms with Gasteiger partial charge in [0.1, 0.15) is 5.75 Å². The smallest absolute Gasteiger partial charge is 0.408 e. The zero-order valence-electron chi connectivity index (χ0n) is 32.5. The van der Waals surface area contributed by atoms with Crippen LogP contribution in [0.15, 0.2) is 24.2 Å². The molecule has 1 unspecified atom stereocenters. The molecule has 0 aromatic heterocycles. The van der Waals surface area contributed by atoms with Gasteiger partial charge < -0.3 is 20.3 Å². The topological polar surface area (TPSA) is 82.0 Å². The number of hydrogen-bond donors (Lipinski definition) is 3. The van der Waals surface area contributed by atoms with E-state index in [2.05, 4.69) is 5.32 Å². The van der Waals surface area contributed by atoms with Crippen LogP contribution in [0.5, 0.6) is 5.75 Å². The number of aliphatic hydroxyl groups is 1. The molecule has 0 spiro atoms. The van der Waals surface area contributed by atoms with Gasteiger partial charge in [-0.05, 0) is 71.0 Å². The van der Waals surface area contributed by atoms with Crippen molar-refractivity contribution in [3.05, 3.63) is 29.7 Å². The summed E-state index contributed by atoms with van der Waals surface area (Å²) in [7, 11) is 0. The first kappa shape index (κ1) is 9.35. The minimum absolute atomic E-state index is 0.0767. The van der Waals surface area contributed by atoms with E-state index in [1.54, 1.807) is 13.8 Å². The first-order valence-electron chi connectivity index (χ1n) is 16.6. The number of hydrogen-bond acceptors (Lipinski definition) is 4. The summed E-state index contributed by atoms with van der Waals surface area (Å²) >= 11 is 0. The Morgan fingerprint density at radius 3 is 2.50 bits per heavy atom. The highest BCUT2D eigenvalue weighted by Crippen LogP contribution is 2.24. The van der Waals surface area contributed by atoms with Crippen LogP contribution in [-0.2, 0) is 6.37 Å². The zero-order chi connectivity index (χ0) is 35.4. The molecular formula is C22H38N2O4. The molecule has 0 fully saturated rings. The average molecular weight is 411 g/mol. The summed E-state index contributed by atoms with van der Waals surface area (Å²) in [4.78, 5) is 12.5. The van der Waals surface area contributed by atoms with Crippen molar-refractivity contribution in [3.63, 3.8) is 0 Å². The van der Waals surface area contributed by atoms with Gasteiger partial charge in [0, 0.05) is 24.4 Å². The number of carbonyl (C=O) groups is 1. The van der Waals surface area contributed by atoms with Crippen LogP contribution in [0.4, 0.5) is 4.79 Å². The Labute approximate surface area is 192 Å². The van der Waals surface area contributed by atoms with Gasteiger partial charge in [-0.1, -0.05) is 25.9 Å². The highest BCUT2D eigenvalue weighted by atomic mass is 16.5. The van der Waals surface area contributed by atoms with E-state index >= 15 is 0 Å². The second kappa shape index (κ2) is 10.7. The van der Waals surface area contributed by atoms with Crippen LogP contribution in [-0.4, -0.2) is 58.0 Å². The fourth-order valence-corrected chi connectivity index (χ4v) is 1.98. The first-order chi connectivity index (χ1) is 19.3. The van der Waals surface area contributed by atoms with Crippen molar-refractivity contribution in [1.82, 2.24) is 10.2 Å². The number of ether oxygens (including phenoxy) is 1. The monoisotopic (exact) mass is 410 g/mol. The second-order valence-corrected chi connectivity index (χ2v) is 7.18. The van der Waals surface area contributed by atoms with Crippen molar-refractivity contribution >= 4 is 6.09 Å². The molecule has 0 aliphatic rings. The van der Waals surface area contributed by atoms with Crippen molar-refractivity contribution < 1.29 is 41.7 Å². The van der Waals surface area contributed by atoms with Gasteiger partial charge in [0.05, 0.1) is 27.8 Å². The summed E-state index contributed by atoms with van der Waals surface area (Å²) in [5.74, 6) is -1.60. The summed E-state index contributed by atoms with van der Waals surface area (Å²) in [5, 5.41) is 23.8. The first-order valence-corrected chi connectivity index (χ1v) is 8.44. The lowest BCUT2D eigenvalue weighted by Crippen LogP contribution is -2.58. The minimum atomic E-state index is -4.09. The van der Waals surface area contributed by atoms with Crippen molar-refractivity contribution in [1.29, 1.82) is 0 Å². The number of benzene rings is 1. The molecule has 0 heterocycles. The molecule has 1 aromatic rings. The molecule has 3 atom stereocenters. The van der Waals surface area contributed by atoms with E-state index in [1.807, 2.05) is 0 Å². The third-order valence-electron chi connectivity index (χ3n) is 3.08.